The Balaban J connectivity index is 2.20. The van der Waals surface area contributed by atoms with Gasteiger partial charge in [0.25, 0.3) is 0 Å². The quantitative estimate of drug-likeness (QED) is 0.883. The molecule has 0 spiro atoms. The first kappa shape index (κ1) is 11.7. The van der Waals surface area contributed by atoms with E-state index in [0.29, 0.717) is 22.8 Å². The maximum Gasteiger partial charge on any atom is 0.143 e. The summed E-state index contributed by atoms with van der Waals surface area (Å²) in [4.78, 5) is 0. The molecular formula is C12H15ClFNO. The average Bonchev–Trinajstić information content (AvgIpc) is 2.98. The van der Waals surface area contributed by atoms with E-state index in [4.69, 9.17) is 22.1 Å². The highest BCUT2D eigenvalue weighted by Gasteiger charge is 2.37. The molecule has 0 saturated heterocycles. The SMILES string of the molecule is COc1c(Cl)ccc(F)c1CCC1(N)CC1. The summed E-state index contributed by atoms with van der Waals surface area (Å²) in [5, 5.41) is 0.445. The van der Waals surface area contributed by atoms with Crippen molar-refractivity contribution < 1.29 is 9.13 Å². The fourth-order valence-electron chi connectivity index (χ4n) is 1.81. The normalized spacial score (nSPS) is 17.2. The van der Waals surface area contributed by atoms with E-state index in [1.54, 1.807) is 0 Å². The number of halogens is 2. The van der Waals surface area contributed by atoms with Crippen LogP contribution in [-0.4, -0.2) is 12.6 Å². The second-order valence-electron chi connectivity index (χ2n) is 4.40. The molecule has 2 rings (SSSR count). The fraction of sp³-hybridized carbons (Fsp3) is 0.500. The minimum atomic E-state index is -0.273. The monoisotopic (exact) mass is 243 g/mol. The summed E-state index contributed by atoms with van der Waals surface area (Å²) in [7, 11) is 1.50. The van der Waals surface area contributed by atoms with E-state index >= 15 is 0 Å². The third-order valence-corrected chi connectivity index (χ3v) is 3.42. The Morgan fingerprint density at radius 3 is 2.75 bits per heavy atom. The highest BCUT2D eigenvalue weighted by molar-refractivity contribution is 6.32. The first-order valence-electron chi connectivity index (χ1n) is 5.35. The van der Waals surface area contributed by atoms with E-state index in [9.17, 15) is 4.39 Å². The summed E-state index contributed by atoms with van der Waals surface area (Å²) in [5.74, 6) is 0.163. The lowest BCUT2D eigenvalue weighted by Crippen LogP contribution is -2.22. The molecule has 1 aromatic carbocycles. The molecule has 1 aromatic rings. The zero-order chi connectivity index (χ0) is 11.8. The molecule has 0 aliphatic heterocycles. The van der Waals surface area contributed by atoms with Crippen molar-refractivity contribution in [3.8, 4) is 5.75 Å². The lowest BCUT2D eigenvalue weighted by Gasteiger charge is -2.13. The first-order chi connectivity index (χ1) is 7.56. The van der Waals surface area contributed by atoms with Gasteiger partial charge in [0.1, 0.15) is 11.6 Å². The minimum Gasteiger partial charge on any atom is -0.495 e. The van der Waals surface area contributed by atoms with E-state index in [1.807, 2.05) is 0 Å². The molecule has 0 unspecified atom stereocenters. The van der Waals surface area contributed by atoms with Gasteiger partial charge in [-0.05, 0) is 37.8 Å². The van der Waals surface area contributed by atoms with Crippen LogP contribution < -0.4 is 10.5 Å². The summed E-state index contributed by atoms with van der Waals surface area (Å²) in [6, 6.07) is 2.88. The standard InChI is InChI=1S/C12H15ClFNO/c1-16-11-8(4-5-12(15)6-7-12)10(14)3-2-9(11)13/h2-3H,4-7,15H2,1H3. The van der Waals surface area contributed by atoms with Crippen LogP contribution in [0.2, 0.25) is 5.02 Å². The van der Waals surface area contributed by atoms with Crippen LogP contribution in [0.5, 0.6) is 5.75 Å². The van der Waals surface area contributed by atoms with Crippen LogP contribution in [0, 0.1) is 5.82 Å². The van der Waals surface area contributed by atoms with E-state index in [1.165, 1.54) is 19.2 Å². The highest BCUT2D eigenvalue weighted by Crippen LogP contribution is 2.39. The number of benzene rings is 1. The average molecular weight is 244 g/mol. The van der Waals surface area contributed by atoms with E-state index in [0.717, 1.165) is 19.3 Å². The number of methoxy groups -OCH3 is 1. The van der Waals surface area contributed by atoms with Gasteiger partial charge in [0.2, 0.25) is 0 Å². The zero-order valence-electron chi connectivity index (χ0n) is 9.22. The summed E-state index contributed by atoms with van der Waals surface area (Å²) in [6.07, 6.45) is 3.40. The van der Waals surface area contributed by atoms with Crippen molar-refractivity contribution in [3.63, 3.8) is 0 Å². The van der Waals surface area contributed by atoms with Crippen molar-refractivity contribution in [2.75, 3.05) is 7.11 Å². The van der Waals surface area contributed by atoms with Crippen LogP contribution in [0.25, 0.3) is 0 Å². The lowest BCUT2D eigenvalue weighted by molar-refractivity contribution is 0.402. The van der Waals surface area contributed by atoms with Gasteiger partial charge in [-0.15, -0.1) is 0 Å². The van der Waals surface area contributed by atoms with Crippen LogP contribution in [0.15, 0.2) is 12.1 Å². The molecule has 0 bridgehead atoms. The lowest BCUT2D eigenvalue weighted by atomic mass is 10.0. The summed E-state index contributed by atoms with van der Waals surface area (Å²) >= 11 is 5.94. The largest absolute Gasteiger partial charge is 0.495 e. The Labute approximate surface area is 99.5 Å². The smallest absolute Gasteiger partial charge is 0.143 e. The van der Waals surface area contributed by atoms with E-state index in [2.05, 4.69) is 0 Å². The number of ether oxygens (including phenoxy) is 1. The van der Waals surface area contributed by atoms with E-state index in [-0.39, 0.29) is 11.4 Å². The van der Waals surface area contributed by atoms with E-state index < -0.39 is 0 Å². The third-order valence-electron chi connectivity index (χ3n) is 3.12. The molecule has 1 aliphatic rings. The predicted octanol–water partition coefficient (Wildman–Crippen LogP) is 2.91. The molecule has 0 amide bonds. The number of hydrogen-bond donors (Lipinski definition) is 1. The summed E-state index contributed by atoms with van der Waals surface area (Å²) < 4.78 is 18.8. The van der Waals surface area contributed by atoms with Crippen LogP contribution in [0.3, 0.4) is 0 Å². The molecule has 88 valence electrons. The maximum atomic E-state index is 13.6. The molecule has 2 nitrogen and oxygen atoms in total. The number of rotatable bonds is 4. The van der Waals surface area contributed by atoms with Crippen LogP contribution in [0.1, 0.15) is 24.8 Å². The van der Waals surface area contributed by atoms with Gasteiger partial charge in [0.15, 0.2) is 0 Å². The second kappa shape index (κ2) is 4.22. The van der Waals surface area contributed by atoms with Gasteiger partial charge in [-0.1, -0.05) is 11.6 Å². The van der Waals surface area contributed by atoms with Crippen molar-refractivity contribution >= 4 is 11.6 Å². The molecule has 1 fully saturated rings. The zero-order valence-corrected chi connectivity index (χ0v) is 9.98. The summed E-state index contributed by atoms with van der Waals surface area (Å²) in [5.41, 5.74) is 6.43. The van der Waals surface area contributed by atoms with Crippen molar-refractivity contribution in [3.05, 3.63) is 28.5 Å². The van der Waals surface area contributed by atoms with Crippen molar-refractivity contribution in [1.82, 2.24) is 0 Å². The minimum absolute atomic E-state index is 0.0836. The molecule has 2 N–H and O–H groups in total. The van der Waals surface area contributed by atoms with Crippen molar-refractivity contribution in [2.24, 2.45) is 5.73 Å². The molecular weight excluding hydrogens is 229 g/mol. The number of nitrogens with two attached hydrogens (primary N) is 1. The summed E-state index contributed by atoms with van der Waals surface area (Å²) in [6.45, 7) is 0. The van der Waals surface area contributed by atoms with Crippen LogP contribution in [-0.2, 0) is 6.42 Å². The van der Waals surface area contributed by atoms with Gasteiger partial charge < -0.3 is 10.5 Å². The van der Waals surface area contributed by atoms with Gasteiger partial charge in [-0.25, -0.2) is 4.39 Å². The van der Waals surface area contributed by atoms with Crippen molar-refractivity contribution in [1.29, 1.82) is 0 Å². The molecule has 1 saturated carbocycles. The molecule has 4 heteroatoms. The molecule has 0 radical (unpaired) electrons. The van der Waals surface area contributed by atoms with Crippen molar-refractivity contribution in [2.45, 2.75) is 31.2 Å². The Kier molecular flexibility index (Phi) is 3.08. The Morgan fingerprint density at radius 2 is 2.19 bits per heavy atom. The molecule has 0 atom stereocenters. The fourth-order valence-corrected chi connectivity index (χ4v) is 2.07. The Bertz CT molecular complexity index is 404. The Hall–Kier alpha value is -0.800. The molecule has 16 heavy (non-hydrogen) atoms. The third kappa shape index (κ3) is 2.30. The molecule has 0 aromatic heterocycles. The Morgan fingerprint density at radius 1 is 1.50 bits per heavy atom. The molecule has 1 aliphatic carbocycles. The second-order valence-corrected chi connectivity index (χ2v) is 4.81. The van der Waals surface area contributed by atoms with Gasteiger partial charge in [-0.2, -0.15) is 0 Å². The maximum absolute atomic E-state index is 13.6. The van der Waals surface area contributed by atoms with Gasteiger partial charge in [0.05, 0.1) is 12.1 Å². The van der Waals surface area contributed by atoms with Crippen LogP contribution in [0.4, 0.5) is 4.39 Å². The first-order valence-corrected chi connectivity index (χ1v) is 5.73. The van der Waals surface area contributed by atoms with Gasteiger partial charge in [0, 0.05) is 11.1 Å². The topological polar surface area (TPSA) is 35.2 Å². The van der Waals surface area contributed by atoms with Gasteiger partial charge in [-0.3, -0.25) is 0 Å². The van der Waals surface area contributed by atoms with Gasteiger partial charge >= 0.3 is 0 Å². The highest BCUT2D eigenvalue weighted by atomic mass is 35.5. The number of hydrogen-bond acceptors (Lipinski definition) is 2. The van der Waals surface area contributed by atoms with Crippen LogP contribution >= 0.6 is 11.6 Å². The predicted molar refractivity (Wildman–Crippen MR) is 62.4 cm³/mol. The molecule has 0 heterocycles.